The van der Waals surface area contributed by atoms with Crippen LogP contribution >= 0.6 is 0 Å². The summed E-state index contributed by atoms with van der Waals surface area (Å²) in [4.78, 5) is -0.706. The van der Waals surface area contributed by atoms with Crippen LogP contribution in [0.5, 0.6) is 0 Å². The summed E-state index contributed by atoms with van der Waals surface area (Å²) in [5.74, 6) is -0.867. The zero-order chi connectivity index (χ0) is 23.2. The highest BCUT2D eigenvalue weighted by atomic mass is 32.2. The van der Waals surface area contributed by atoms with Crippen LogP contribution in [0.1, 0.15) is 37.0 Å². The molecule has 0 amide bonds. The van der Waals surface area contributed by atoms with Gasteiger partial charge in [0.1, 0.15) is 5.82 Å². The van der Waals surface area contributed by atoms with Gasteiger partial charge in [0.15, 0.2) is 19.7 Å². The Labute approximate surface area is 177 Å². The van der Waals surface area contributed by atoms with Crippen LogP contribution < -0.4 is 0 Å². The minimum Gasteiger partial charge on any atom is -0.373 e. The number of alkyl halides is 3. The van der Waals surface area contributed by atoms with Gasteiger partial charge in [-0.1, -0.05) is 12.1 Å². The molecule has 1 aliphatic heterocycles. The molecule has 0 bridgehead atoms. The Hall–Kier alpha value is -1.98. The van der Waals surface area contributed by atoms with Crippen LogP contribution in [0.4, 0.5) is 17.6 Å². The highest BCUT2D eigenvalue weighted by Crippen LogP contribution is 2.43. The van der Waals surface area contributed by atoms with Gasteiger partial charge < -0.3 is 4.74 Å². The van der Waals surface area contributed by atoms with Gasteiger partial charge in [-0.2, -0.15) is 13.2 Å². The standard InChI is InChI=1S/C20H20F4O5S2/c1-19(31(27,28)15-5-3-4-13(10-15)20(22,23)24)8-9-29-18(12-19)16-7-6-14(11-17(16)21)30(2,25)26/h3-7,10-11,18H,8-9,12H2,1-2H3. The fourth-order valence-corrected chi connectivity index (χ4v) is 6.00. The molecule has 11 heteroatoms. The van der Waals surface area contributed by atoms with E-state index in [1.165, 1.54) is 19.1 Å². The van der Waals surface area contributed by atoms with Crippen molar-refractivity contribution in [2.75, 3.05) is 12.9 Å². The Balaban J connectivity index is 1.97. The van der Waals surface area contributed by atoms with E-state index in [4.69, 9.17) is 4.74 Å². The van der Waals surface area contributed by atoms with Crippen LogP contribution in [0.2, 0.25) is 0 Å². The lowest BCUT2D eigenvalue weighted by atomic mass is 9.92. The van der Waals surface area contributed by atoms with Crippen molar-refractivity contribution < 1.29 is 39.1 Å². The van der Waals surface area contributed by atoms with Gasteiger partial charge in [-0.05, 0) is 50.1 Å². The zero-order valence-corrected chi connectivity index (χ0v) is 18.2. The summed E-state index contributed by atoms with van der Waals surface area (Å²) < 4.78 is 107. The summed E-state index contributed by atoms with van der Waals surface area (Å²) in [5, 5.41) is 0. The average Bonchev–Trinajstić information content (AvgIpc) is 2.66. The molecule has 2 aromatic rings. The summed E-state index contributed by atoms with van der Waals surface area (Å²) in [6, 6.07) is 6.76. The molecule has 0 radical (unpaired) electrons. The van der Waals surface area contributed by atoms with Crippen LogP contribution in [0, 0.1) is 5.82 Å². The molecule has 0 N–H and O–H groups in total. The van der Waals surface area contributed by atoms with E-state index in [1.807, 2.05) is 0 Å². The van der Waals surface area contributed by atoms with Crippen molar-refractivity contribution in [1.29, 1.82) is 0 Å². The van der Waals surface area contributed by atoms with Crippen LogP contribution in [0.15, 0.2) is 52.3 Å². The Morgan fingerprint density at radius 1 is 1.03 bits per heavy atom. The number of benzene rings is 2. The lowest BCUT2D eigenvalue weighted by Gasteiger charge is -2.38. The second-order valence-corrected chi connectivity index (χ2v) is 12.2. The van der Waals surface area contributed by atoms with Gasteiger partial charge in [0, 0.05) is 18.4 Å². The van der Waals surface area contributed by atoms with E-state index in [-0.39, 0.29) is 29.9 Å². The van der Waals surface area contributed by atoms with Gasteiger partial charge in [-0.3, -0.25) is 0 Å². The number of halogens is 4. The Morgan fingerprint density at radius 2 is 1.71 bits per heavy atom. The number of ether oxygens (including phenoxy) is 1. The number of sulfone groups is 2. The molecular formula is C20H20F4O5S2. The third-order valence-corrected chi connectivity index (χ3v) is 9.09. The van der Waals surface area contributed by atoms with E-state index in [0.717, 1.165) is 30.5 Å². The van der Waals surface area contributed by atoms with E-state index in [2.05, 4.69) is 0 Å². The molecular weight excluding hydrogens is 460 g/mol. The molecule has 1 heterocycles. The maximum Gasteiger partial charge on any atom is 0.416 e. The summed E-state index contributed by atoms with van der Waals surface area (Å²) >= 11 is 0. The minimum atomic E-state index is -4.70. The summed E-state index contributed by atoms with van der Waals surface area (Å²) in [5.41, 5.74) is -1.10. The smallest absolute Gasteiger partial charge is 0.373 e. The molecule has 0 saturated carbocycles. The van der Waals surface area contributed by atoms with E-state index in [0.29, 0.717) is 6.07 Å². The molecule has 3 rings (SSSR count). The van der Waals surface area contributed by atoms with Crippen molar-refractivity contribution in [2.45, 2.75) is 46.6 Å². The second kappa shape index (κ2) is 7.86. The summed E-state index contributed by atoms with van der Waals surface area (Å²) in [7, 11) is -7.87. The van der Waals surface area contributed by atoms with Gasteiger partial charge >= 0.3 is 6.18 Å². The Bertz CT molecular complexity index is 1210. The number of hydrogen-bond acceptors (Lipinski definition) is 5. The molecule has 5 nitrogen and oxygen atoms in total. The van der Waals surface area contributed by atoms with Crippen LogP contribution in [0.3, 0.4) is 0 Å². The van der Waals surface area contributed by atoms with Crippen LogP contribution in [-0.2, 0) is 30.6 Å². The second-order valence-electron chi connectivity index (χ2n) is 7.75. The largest absolute Gasteiger partial charge is 0.416 e. The van der Waals surface area contributed by atoms with E-state index in [1.54, 1.807) is 0 Å². The monoisotopic (exact) mass is 480 g/mol. The van der Waals surface area contributed by atoms with Gasteiger partial charge in [0.25, 0.3) is 0 Å². The molecule has 2 aromatic carbocycles. The van der Waals surface area contributed by atoms with E-state index >= 15 is 0 Å². The maximum absolute atomic E-state index is 14.6. The Kier molecular flexibility index (Phi) is 6.00. The first-order valence-corrected chi connectivity index (χ1v) is 12.6. The van der Waals surface area contributed by atoms with Gasteiger partial charge in [0.2, 0.25) is 0 Å². The van der Waals surface area contributed by atoms with Gasteiger partial charge in [-0.25, -0.2) is 21.2 Å². The first kappa shape index (κ1) is 23.7. The number of rotatable bonds is 4. The molecule has 0 aromatic heterocycles. The van der Waals surface area contributed by atoms with Crippen molar-refractivity contribution in [3.05, 3.63) is 59.4 Å². The quantitative estimate of drug-likeness (QED) is 0.609. The predicted molar refractivity (Wildman–Crippen MR) is 104 cm³/mol. The van der Waals surface area contributed by atoms with Crippen molar-refractivity contribution >= 4 is 19.7 Å². The highest BCUT2D eigenvalue weighted by molar-refractivity contribution is 7.92. The molecule has 0 spiro atoms. The van der Waals surface area contributed by atoms with E-state index < -0.39 is 53.0 Å². The molecule has 2 unspecified atom stereocenters. The van der Waals surface area contributed by atoms with Crippen molar-refractivity contribution in [2.24, 2.45) is 0 Å². The fraction of sp³-hybridized carbons (Fsp3) is 0.400. The van der Waals surface area contributed by atoms with Crippen molar-refractivity contribution in [3.8, 4) is 0 Å². The molecule has 31 heavy (non-hydrogen) atoms. The molecule has 1 aliphatic rings. The molecule has 2 atom stereocenters. The topological polar surface area (TPSA) is 77.5 Å². The molecule has 170 valence electrons. The zero-order valence-electron chi connectivity index (χ0n) is 16.6. The SMILES string of the molecule is CC1(S(=O)(=O)c2cccc(C(F)(F)F)c2)CCOC(c2ccc(S(C)(=O)=O)cc2F)C1. The van der Waals surface area contributed by atoms with E-state index in [9.17, 15) is 34.4 Å². The minimum absolute atomic E-state index is 0.00508. The number of hydrogen-bond donors (Lipinski definition) is 0. The molecule has 0 aliphatic carbocycles. The fourth-order valence-electron chi connectivity index (χ4n) is 3.54. The van der Waals surface area contributed by atoms with Gasteiger partial charge in [0.05, 0.1) is 26.2 Å². The maximum atomic E-state index is 14.6. The third-order valence-electron chi connectivity index (χ3n) is 5.43. The van der Waals surface area contributed by atoms with Crippen molar-refractivity contribution in [3.63, 3.8) is 0 Å². The third kappa shape index (κ3) is 4.63. The highest BCUT2D eigenvalue weighted by Gasteiger charge is 2.46. The lowest BCUT2D eigenvalue weighted by Crippen LogP contribution is -2.42. The summed E-state index contributed by atoms with van der Waals surface area (Å²) in [6.07, 6.45) is -4.98. The first-order valence-electron chi connectivity index (χ1n) is 9.18. The first-order chi connectivity index (χ1) is 14.1. The van der Waals surface area contributed by atoms with Crippen LogP contribution in [-0.4, -0.2) is 34.4 Å². The molecule has 1 saturated heterocycles. The van der Waals surface area contributed by atoms with Crippen molar-refractivity contribution in [1.82, 2.24) is 0 Å². The van der Waals surface area contributed by atoms with Gasteiger partial charge in [-0.15, -0.1) is 0 Å². The normalized spacial score (nSPS) is 23.0. The average molecular weight is 481 g/mol. The summed E-state index contributed by atoms with van der Waals surface area (Å²) in [6.45, 7) is 1.33. The predicted octanol–water partition coefficient (Wildman–Crippen LogP) is 4.33. The molecule has 1 fully saturated rings. The lowest BCUT2D eigenvalue weighted by molar-refractivity contribution is -0.137. The Morgan fingerprint density at radius 3 is 2.29 bits per heavy atom. The van der Waals surface area contributed by atoms with Crippen LogP contribution in [0.25, 0.3) is 0 Å².